The van der Waals surface area contributed by atoms with Crippen molar-refractivity contribution >= 4 is 0 Å². The Balaban J connectivity index is 3.40. The summed E-state index contributed by atoms with van der Waals surface area (Å²) in [5, 5.41) is 0. The van der Waals surface area contributed by atoms with E-state index in [1.165, 1.54) is 6.92 Å². The molecule has 0 radical (unpaired) electrons. The molecule has 0 aromatic carbocycles. The Kier molecular flexibility index (Phi) is 8.54. The predicted molar refractivity (Wildman–Crippen MR) is 89.5 cm³/mol. The lowest BCUT2D eigenvalue weighted by atomic mass is 9.76. The zero-order valence-corrected chi connectivity index (χ0v) is 17.3. The van der Waals surface area contributed by atoms with E-state index in [4.69, 9.17) is 0 Å². The SMILES string of the molecule is CCCCCCC1CCC(CC)C1C(F)(F)C(F)(F)C(F)(F)C(F)(F)C(F)(F)C(F)(F)F. The second-order valence-corrected chi connectivity index (χ2v) is 8.30. The van der Waals surface area contributed by atoms with E-state index in [9.17, 15) is 57.1 Å². The molecule has 1 saturated carbocycles. The summed E-state index contributed by atoms with van der Waals surface area (Å²) >= 11 is 0. The lowest BCUT2D eigenvalue weighted by molar-refractivity contribution is -0.444. The van der Waals surface area contributed by atoms with Gasteiger partial charge < -0.3 is 0 Å². The van der Waals surface area contributed by atoms with Crippen molar-refractivity contribution in [2.24, 2.45) is 17.8 Å². The molecule has 0 aromatic rings. The molecule has 0 amide bonds. The fourth-order valence-corrected chi connectivity index (χ4v) is 4.37. The summed E-state index contributed by atoms with van der Waals surface area (Å²) in [5.74, 6) is -41.5. The molecule has 1 rings (SSSR count). The van der Waals surface area contributed by atoms with Crippen molar-refractivity contribution in [3.8, 4) is 0 Å². The first-order chi connectivity index (χ1) is 14.3. The molecule has 0 nitrogen and oxygen atoms in total. The first kappa shape index (κ1) is 29.1. The molecule has 192 valence electrons. The van der Waals surface area contributed by atoms with Gasteiger partial charge >= 0.3 is 35.8 Å². The summed E-state index contributed by atoms with van der Waals surface area (Å²) in [4.78, 5) is 0. The Morgan fingerprint density at radius 3 is 1.47 bits per heavy atom. The van der Waals surface area contributed by atoms with Crippen LogP contribution in [0.5, 0.6) is 0 Å². The van der Waals surface area contributed by atoms with Gasteiger partial charge in [0.05, 0.1) is 0 Å². The minimum Gasteiger partial charge on any atom is -0.199 e. The van der Waals surface area contributed by atoms with Crippen LogP contribution in [0.25, 0.3) is 0 Å². The number of hydrogen-bond donors (Lipinski definition) is 0. The molecule has 0 aliphatic heterocycles. The third kappa shape index (κ3) is 4.54. The molecule has 3 unspecified atom stereocenters. The lowest BCUT2D eigenvalue weighted by Gasteiger charge is -2.43. The normalized spacial score (nSPS) is 24.3. The van der Waals surface area contributed by atoms with Gasteiger partial charge in [-0.1, -0.05) is 46.0 Å². The highest BCUT2D eigenvalue weighted by atomic mass is 19.4. The molecule has 13 heteroatoms. The van der Waals surface area contributed by atoms with E-state index in [-0.39, 0.29) is 32.1 Å². The van der Waals surface area contributed by atoms with Gasteiger partial charge in [-0.05, 0) is 31.1 Å². The Hall–Kier alpha value is -0.910. The number of alkyl halides is 13. The molecule has 1 fully saturated rings. The van der Waals surface area contributed by atoms with Gasteiger partial charge in [0.2, 0.25) is 0 Å². The molecule has 0 saturated heterocycles. The van der Waals surface area contributed by atoms with Crippen LogP contribution < -0.4 is 0 Å². The highest BCUT2D eigenvalue weighted by Gasteiger charge is 2.91. The van der Waals surface area contributed by atoms with Gasteiger partial charge in [0.15, 0.2) is 0 Å². The third-order valence-corrected chi connectivity index (χ3v) is 6.25. The Morgan fingerprint density at radius 1 is 0.562 bits per heavy atom. The fraction of sp³-hybridized carbons (Fsp3) is 1.00. The van der Waals surface area contributed by atoms with Crippen LogP contribution in [-0.2, 0) is 0 Å². The fourth-order valence-electron chi connectivity index (χ4n) is 4.37. The molecular weight excluding hydrogens is 475 g/mol. The van der Waals surface area contributed by atoms with E-state index in [1.54, 1.807) is 0 Å². The van der Waals surface area contributed by atoms with Gasteiger partial charge in [0.1, 0.15) is 0 Å². The Morgan fingerprint density at radius 2 is 1.03 bits per heavy atom. The van der Waals surface area contributed by atoms with Crippen LogP contribution in [-0.4, -0.2) is 35.8 Å². The molecule has 1 aliphatic rings. The van der Waals surface area contributed by atoms with E-state index in [2.05, 4.69) is 0 Å². The van der Waals surface area contributed by atoms with Crippen molar-refractivity contribution in [3.05, 3.63) is 0 Å². The monoisotopic (exact) mass is 500 g/mol. The molecular formula is C19H25F13. The second-order valence-electron chi connectivity index (χ2n) is 8.30. The first-order valence-electron chi connectivity index (χ1n) is 10.2. The van der Waals surface area contributed by atoms with Crippen molar-refractivity contribution in [1.29, 1.82) is 0 Å². The summed E-state index contributed by atoms with van der Waals surface area (Å²) in [6.45, 7) is 3.09. The van der Waals surface area contributed by atoms with E-state index < -0.39 is 53.5 Å². The zero-order chi connectivity index (χ0) is 25.4. The van der Waals surface area contributed by atoms with E-state index in [0.717, 1.165) is 6.42 Å². The predicted octanol–water partition coefficient (Wildman–Crippen LogP) is 8.75. The van der Waals surface area contributed by atoms with Crippen molar-refractivity contribution in [1.82, 2.24) is 0 Å². The molecule has 0 N–H and O–H groups in total. The number of hydrogen-bond acceptors (Lipinski definition) is 0. The quantitative estimate of drug-likeness (QED) is 0.197. The second kappa shape index (κ2) is 9.38. The summed E-state index contributed by atoms with van der Waals surface area (Å²) < 4.78 is 176. The van der Waals surface area contributed by atoms with Crippen LogP contribution in [0.1, 0.15) is 65.2 Å². The maximum absolute atomic E-state index is 14.8. The summed E-state index contributed by atoms with van der Waals surface area (Å²) in [7, 11) is 0. The molecule has 0 heterocycles. The zero-order valence-electron chi connectivity index (χ0n) is 17.3. The first-order valence-corrected chi connectivity index (χ1v) is 10.2. The van der Waals surface area contributed by atoms with Crippen molar-refractivity contribution in [3.63, 3.8) is 0 Å². The van der Waals surface area contributed by atoms with E-state index in [1.807, 2.05) is 6.92 Å². The van der Waals surface area contributed by atoms with Gasteiger partial charge in [0, 0.05) is 5.92 Å². The molecule has 0 spiro atoms. The molecule has 0 bridgehead atoms. The topological polar surface area (TPSA) is 0 Å². The van der Waals surface area contributed by atoms with Crippen LogP contribution >= 0.6 is 0 Å². The van der Waals surface area contributed by atoms with Gasteiger partial charge in [-0.3, -0.25) is 0 Å². The highest BCUT2D eigenvalue weighted by Crippen LogP contribution is 2.64. The van der Waals surface area contributed by atoms with Crippen LogP contribution in [0.4, 0.5) is 57.1 Å². The standard InChI is InChI=1S/C19H25F13/c1-3-5-6-7-8-12-10-9-11(4-2)13(12)14(20,21)15(22,23)16(24,25)17(26,27)18(28,29)19(30,31)32/h11-13H,3-10H2,1-2H3. The van der Waals surface area contributed by atoms with Crippen LogP contribution in [0.2, 0.25) is 0 Å². The van der Waals surface area contributed by atoms with Gasteiger partial charge in [0.25, 0.3) is 0 Å². The number of rotatable bonds is 11. The molecule has 1 aliphatic carbocycles. The summed E-state index contributed by atoms with van der Waals surface area (Å²) in [6, 6.07) is 0. The maximum atomic E-state index is 14.8. The van der Waals surface area contributed by atoms with Crippen LogP contribution in [0.15, 0.2) is 0 Å². The summed E-state index contributed by atoms with van der Waals surface area (Å²) in [6.07, 6.45) is -5.79. The average molecular weight is 500 g/mol. The minimum absolute atomic E-state index is 0.109. The van der Waals surface area contributed by atoms with Crippen molar-refractivity contribution in [2.75, 3.05) is 0 Å². The average Bonchev–Trinajstić information content (AvgIpc) is 3.07. The largest absolute Gasteiger partial charge is 0.460 e. The van der Waals surface area contributed by atoms with Gasteiger partial charge in [-0.2, -0.15) is 57.1 Å². The maximum Gasteiger partial charge on any atom is 0.460 e. The Labute approximate surface area is 176 Å². The number of unbranched alkanes of at least 4 members (excludes halogenated alkanes) is 3. The van der Waals surface area contributed by atoms with E-state index >= 15 is 0 Å². The minimum atomic E-state index is -7.83. The highest BCUT2D eigenvalue weighted by molar-refractivity contribution is 5.13. The Bertz CT molecular complexity index is 609. The van der Waals surface area contributed by atoms with Gasteiger partial charge in [-0.25, -0.2) is 0 Å². The number of halogens is 13. The lowest BCUT2D eigenvalue weighted by Crippen LogP contribution is -2.71. The van der Waals surface area contributed by atoms with E-state index in [0.29, 0.717) is 12.8 Å². The molecule has 0 aromatic heterocycles. The molecule has 32 heavy (non-hydrogen) atoms. The summed E-state index contributed by atoms with van der Waals surface area (Å²) in [5.41, 5.74) is 0. The molecule has 3 atom stereocenters. The van der Waals surface area contributed by atoms with Crippen molar-refractivity contribution in [2.45, 2.75) is 101 Å². The third-order valence-electron chi connectivity index (χ3n) is 6.25. The smallest absolute Gasteiger partial charge is 0.199 e. The van der Waals surface area contributed by atoms with Gasteiger partial charge in [-0.15, -0.1) is 0 Å². The van der Waals surface area contributed by atoms with Crippen molar-refractivity contribution < 1.29 is 57.1 Å². The van der Waals surface area contributed by atoms with Crippen LogP contribution in [0.3, 0.4) is 0 Å². The van der Waals surface area contributed by atoms with Crippen LogP contribution in [0, 0.1) is 17.8 Å².